The van der Waals surface area contributed by atoms with E-state index < -0.39 is 0 Å². The highest BCUT2D eigenvalue weighted by molar-refractivity contribution is 6.33. The first-order valence-corrected chi connectivity index (χ1v) is 20.5. The van der Waals surface area contributed by atoms with Crippen LogP contribution in [0.15, 0.2) is 78.9 Å². The number of anilines is 1. The van der Waals surface area contributed by atoms with Gasteiger partial charge in [-0.25, -0.2) is 26.5 Å². The number of aliphatic hydroxyl groups is 1. The van der Waals surface area contributed by atoms with Gasteiger partial charge in [0.05, 0.1) is 33.2 Å². The summed E-state index contributed by atoms with van der Waals surface area (Å²) in [5.74, 6) is 1.71. The zero-order valence-corrected chi connectivity index (χ0v) is 35.8. The molecule has 0 saturated carbocycles. The SMILES string of the molecule is CCO.C[C@@H]1CN(c2ccc3cc(C#N)c4nc5ccccc5n4c3n2)C[C@H](C)N1.C[C@@H]1CNC[C@H](C)N1.O=Cc1ccc(Cl)nc1Cl.[C-]#[N+]Cc1nc2ccccc2[nH]1. The Balaban J connectivity index is 0.000000171. The van der Waals surface area contributed by atoms with Crippen LogP contribution in [-0.2, 0) is 6.54 Å². The summed E-state index contributed by atoms with van der Waals surface area (Å²) < 4.78 is 2.02. The quantitative estimate of drug-likeness (QED) is 0.0689. The van der Waals surface area contributed by atoms with Crippen molar-refractivity contribution >= 4 is 74.1 Å². The topological polar surface area (TPSA) is 177 Å². The number of hydrogen-bond donors (Lipinski definition) is 5. The van der Waals surface area contributed by atoms with E-state index in [2.05, 4.69) is 91.5 Å². The molecule has 4 atom stereocenters. The number of pyridine rings is 3. The number of para-hydroxylation sites is 4. The van der Waals surface area contributed by atoms with Crippen molar-refractivity contribution in [2.24, 2.45) is 0 Å². The summed E-state index contributed by atoms with van der Waals surface area (Å²) >= 11 is 11.0. The lowest BCUT2D eigenvalue weighted by Gasteiger charge is -2.37. The lowest BCUT2D eigenvalue weighted by Crippen LogP contribution is -2.54. The number of carbonyl (C=O) groups is 1. The summed E-state index contributed by atoms with van der Waals surface area (Å²) in [6.45, 7) is 21.8. The number of aromatic nitrogens is 6. The molecule has 0 radical (unpaired) electrons. The first-order valence-electron chi connectivity index (χ1n) is 19.7. The second-order valence-corrected chi connectivity index (χ2v) is 15.2. The molecule has 2 aliphatic heterocycles. The first kappa shape index (κ1) is 45.4. The minimum Gasteiger partial charge on any atom is -0.397 e. The number of nitrogens with zero attached hydrogens (tertiary/aromatic N) is 8. The molecule has 2 aromatic carbocycles. The molecule has 7 heterocycles. The maximum Gasteiger partial charge on any atom is 0.271 e. The zero-order chi connectivity index (χ0) is 43.2. The molecule has 0 aliphatic carbocycles. The lowest BCUT2D eigenvalue weighted by atomic mass is 10.1. The molecule has 2 saturated heterocycles. The fraction of sp³-hybridized carbons (Fsp3) is 0.341. The third-order valence-electron chi connectivity index (χ3n) is 9.31. The van der Waals surface area contributed by atoms with Gasteiger partial charge in [-0.1, -0.05) is 47.5 Å². The molecule has 312 valence electrons. The molecule has 14 nitrogen and oxygen atoms in total. The Morgan fingerprint density at radius 1 is 0.867 bits per heavy atom. The van der Waals surface area contributed by atoms with Crippen molar-refractivity contribution in [2.75, 3.05) is 37.7 Å². The second kappa shape index (κ2) is 22.1. The fourth-order valence-corrected chi connectivity index (χ4v) is 7.33. The molecule has 0 amide bonds. The van der Waals surface area contributed by atoms with Crippen LogP contribution in [0.1, 0.15) is 56.4 Å². The monoisotopic (exact) mass is 848 g/mol. The van der Waals surface area contributed by atoms with Crippen LogP contribution in [0.4, 0.5) is 5.82 Å². The zero-order valence-electron chi connectivity index (χ0n) is 34.3. The average Bonchev–Trinajstić information content (AvgIpc) is 3.83. The van der Waals surface area contributed by atoms with Crippen LogP contribution in [0, 0.1) is 17.9 Å². The molecule has 16 heteroatoms. The number of benzene rings is 2. The number of H-pyrrole nitrogens is 1. The summed E-state index contributed by atoms with van der Waals surface area (Å²) in [5, 5.41) is 28.8. The predicted molar refractivity (Wildman–Crippen MR) is 241 cm³/mol. The Morgan fingerprint density at radius 2 is 1.52 bits per heavy atom. The number of hydrogen-bond acceptors (Lipinski definition) is 11. The number of aromatic amines is 1. The van der Waals surface area contributed by atoms with E-state index >= 15 is 0 Å². The van der Waals surface area contributed by atoms with Gasteiger partial charge in [0, 0.05) is 62.3 Å². The maximum atomic E-state index is 10.2. The third kappa shape index (κ3) is 11.9. The van der Waals surface area contributed by atoms with E-state index in [4.69, 9.17) is 39.9 Å². The Bertz CT molecular complexity index is 2550. The molecule has 2 fully saturated rings. The molecular weight excluding hydrogens is 799 g/mol. The summed E-state index contributed by atoms with van der Waals surface area (Å²) in [7, 11) is 0. The van der Waals surface area contributed by atoms with Gasteiger partial charge in [0.2, 0.25) is 0 Å². The summed E-state index contributed by atoms with van der Waals surface area (Å²) in [6, 6.07) is 29.2. The first-order chi connectivity index (χ1) is 29.0. The number of halogens is 2. The molecular formula is C44H50Cl2N12O2. The Labute approximate surface area is 359 Å². The highest BCUT2D eigenvalue weighted by atomic mass is 35.5. The second-order valence-electron chi connectivity index (χ2n) is 14.5. The number of carbonyl (C=O) groups excluding carboxylic acids is 1. The van der Waals surface area contributed by atoms with Gasteiger partial charge in [-0.15, -0.1) is 0 Å². The number of aliphatic hydroxyl groups excluding tert-OH is 1. The van der Waals surface area contributed by atoms with Gasteiger partial charge in [-0.3, -0.25) is 9.20 Å². The van der Waals surface area contributed by atoms with Gasteiger partial charge < -0.3 is 35.8 Å². The van der Waals surface area contributed by atoms with Crippen molar-refractivity contribution in [1.82, 2.24) is 45.3 Å². The maximum absolute atomic E-state index is 10.2. The van der Waals surface area contributed by atoms with Crippen molar-refractivity contribution in [3.05, 3.63) is 118 Å². The molecule has 0 spiro atoms. The average molecular weight is 850 g/mol. The van der Waals surface area contributed by atoms with Crippen LogP contribution in [0.3, 0.4) is 0 Å². The van der Waals surface area contributed by atoms with Gasteiger partial charge in [-0.05, 0) is 89.2 Å². The van der Waals surface area contributed by atoms with E-state index in [9.17, 15) is 10.1 Å². The number of aldehydes is 1. The third-order valence-corrected chi connectivity index (χ3v) is 9.83. The normalized spacial score (nSPS) is 18.3. The van der Waals surface area contributed by atoms with Crippen LogP contribution in [0.2, 0.25) is 10.3 Å². The standard InChI is InChI=1S/C21H20N6.C9H7N3.C6H3Cl2NO.C6H14N2.C2H6O/c1-13-11-26(12-14(2)23-13)19-8-7-15-9-16(10-22)21-24-17-5-3-4-6-18(17)27(21)20(15)25-19;1-10-6-9-11-7-4-2-3-5-8(7)12-9;7-5-2-1-4(3-10)6(8)9-5;1-5-3-7-4-6(2)8-5;1-2-3/h3-9,13-14,23H,11-12H2,1-2H3;2-5H,6H2,(H,11,12);1-3H;5-8H,3-4H2,1-2H3;3H,2H2,1H3/t13-,14+;;;5-,6+;. The number of fused-ring (bicyclic) bond motifs is 6. The molecule has 5 N–H and O–H groups in total. The molecule has 60 heavy (non-hydrogen) atoms. The smallest absolute Gasteiger partial charge is 0.271 e. The van der Waals surface area contributed by atoms with Gasteiger partial charge in [0.15, 0.2) is 17.8 Å². The highest BCUT2D eigenvalue weighted by Crippen LogP contribution is 2.27. The summed E-state index contributed by atoms with van der Waals surface area (Å²) in [4.78, 5) is 36.4. The largest absolute Gasteiger partial charge is 0.397 e. The molecule has 2 aliphatic rings. The van der Waals surface area contributed by atoms with Gasteiger partial charge in [0.25, 0.3) is 6.54 Å². The van der Waals surface area contributed by atoms with Gasteiger partial charge in [0.1, 0.15) is 27.8 Å². The minimum absolute atomic E-state index is 0.141. The van der Waals surface area contributed by atoms with Crippen LogP contribution < -0.4 is 20.9 Å². The fourth-order valence-electron chi connectivity index (χ4n) is 6.94. The van der Waals surface area contributed by atoms with Gasteiger partial charge in [-0.2, -0.15) is 5.26 Å². The van der Waals surface area contributed by atoms with Gasteiger partial charge >= 0.3 is 0 Å². The van der Waals surface area contributed by atoms with E-state index in [0.717, 1.165) is 70.9 Å². The number of nitrogens with one attached hydrogen (secondary N) is 4. The number of nitriles is 1. The molecule has 7 aromatic rings. The Morgan fingerprint density at radius 3 is 2.12 bits per heavy atom. The van der Waals surface area contributed by atoms with Crippen molar-refractivity contribution in [2.45, 2.75) is 65.3 Å². The summed E-state index contributed by atoms with van der Waals surface area (Å²) in [6.07, 6.45) is 0.631. The van der Waals surface area contributed by atoms with E-state index in [1.54, 1.807) is 6.92 Å². The molecule has 5 aromatic heterocycles. The van der Waals surface area contributed by atoms with Crippen molar-refractivity contribution in [3.63, 3.8) is 0 Å². The van der Waals surface area contributed by atoms with Crippen LogP contribution in [0.5, 0.6) is 0 Å². The number of rotatable bonds is 3. The van der Waals surface area contributed by atoms with Crippen molar-refractivity contribution in [3.8, 4) is 6.07 Å². The van der Waals surface area contributed by atoms with E-state index in [1.807, 2.05) is 59.0 Å². The Kier molecular flexibility index (Phi) is 16.7. The van der Waals surface area contributed by atoms with Crippen LogP contribution >= 0.6 is 23.2 Å². The lowest BCUT2D eigenvalue weighted by molar-refractivity contribution is 0.112. The number of imidazole rings is 2. The summed E-state index contributed by atoms with van der Waals surface area (Å²) in [5.41, 5.74) is 6.20. The van der Waals surface area contributed by atoms with Crippen molar-refractivity contribution in [1.29, 1.82) is 5.26 Å². The number of piperazine rings is 2. The highest BCUT2D eigenvalue weighted by Gasteiger charge is 2.23. The minimum atomic E-state index is 0.141. The van der Waals surface area contributed by atoms with E-state index in [-0.39, 0.29) is 16.9 Å². The molecule has 9 rings (SSSR count). The molecule has 0 unspecified atom stereocenters. The van der Waals surface area contributed by atoms with Crippen molar-refractivity contribution < 1.29 is 9.90 Å². The van der Waals surface area contributed by atoms with E-state index in [0.29, 0.717) is 53.8 Å². The molecule has 0 bridgehead atoms. The van der Waals surface area contributed by atoms with Crippen LogP contribution in [-0.4, -0.2) is 97.7 Å². The van der Waals surface area contributed by atoms with E-state index in [1.165, 1.54) is 12.1 Å². The predicted octanol–water partition coefficient (Wildman–Crippen LogP) is 7.23. The Hall–Kier alpha value is -5.71. The van der Waals surface area contributed by atoms with Crippen LogP contribution in [0.25, 0.3) is 43.6 Å².